The molecular weight excluding hydrogens is 374 g/mol. The van der Waals surface area contributed by atoms with Crippen LogP contribution in [-0.4, -0.2) is 33.2 Å². The van der Waals surface area contributed by atoms with Crippen LogP contribution >= 0.6 is 0 Å². The van der Waals surface area contributed by atoms with Crippen LogP contribution in [0.3, 0.4) is 0 Å². The van der Waals surface area contributed by atoms with Gasteiger partial charge in [-0.05, 0) is 54.8 Å². The summed E-state index contributed by atoms with van der Waals surface area (Å²) >= 11 is 0. The van der Waals surface area contributed by atoms with E-state index in [0.29, 0.717) is 6.42 Å². The average Bonchev–Trinajstić information content (AvgIpc) is 2.61. The van der Waals surface area contributed by atoms with Crippen molar-refractivity contribution in [2.24, 2.45) is 0 Å². The van der Waals surface area contributed by atoms with Crippen molar-refractivity contribution in [3.05, 3.63) is 65.7 Å². The Morgan fingerprint density at radius 2 is 1.56 bits per heavy atom. The van der Waals surface area contributed by atoms with E-state index in [1.54, 1.807) is 19.1 Å². The second-order valence-electron chi connectivity index (χ2n) is 6.13. The highest BCUT2D eigenvalue weighted by molar-refractivity contribution is 7.92. The lowest BCUT2D eigenvalue weighted by molar-refractivity contribution is -0.122. The third-order valence-electron chi connectivity index (χ3n) is 4.04. The molecule has 0 aliphatic heterocycles. The largest absolute Gasteiger partial charge is 0.354 e. The molecule has 146 valence electrons. The molecule has 0 fully saturated rings. The number of hydrogen-bond donors (Lipinski definition) is 1. The van der Waals surface area contributed by atoms with E-state index in [0.717, 1.165) is 28.3 Å². The van der Waals surface area contributed by atoms with Gasteiger partial charge >= 0.3 is 0 Å². The third-order valence-corrected chi connectivity index (χ3v) is 5.22. The molecule has 5 nitrogen and oxygen atoms in total. The van der Waals surface area contributed by atoms with Gasteiger partial charge in [0.15, 0.2) is 0 Å². The molecule has 1 amide bonds. The van der Waals surface area contributed by atoms with Gasteiger partial charge in [-0.15, -0.1) is 0 Å². The minimum Gasteiger partial charge on any atom is -0.354 e. The molecule has 0 saturated heterocycles. The van der Waals surface area contributed by atoms with Crippen molar-refractivity contribution in [3.8, 4) is 0 Å². The van der Waals surface area contributed by atoms with Crippen LogP contribution in [0.5, 0.6) is 0 Å². The quantitative estimate of drug-likeness (QED) is 0.746. The summed E-state index contributed by atoms with van der Waals surface area (Å²) in [5.74, 6) is -1.28. The molecule has 1 atom stereocenters. The van der Waals surface area contributed by atoms with Crippen molar-refractivity contribution >= 4 is 21.6 Å². The number of carbonyl (C=O) groups excluding carboxylic acids is 1. The molecule has 2 aromatic rings. The van der Waals surface area contributed by atoms with Crippen LogP contribution in [0.2, 0.25) is 0 Å². The highest BCUT2D eigenvalue weighted by atomic mass is 32.2. The zero-order chi connectivity index (χ0) is 20.0. The van der Waals surface area contributed by atoms with Crippen molar-refractivity contribution in [2.45, 2.75) is 25.8 Å². The summed E-state index contributed by atoms with van der Waals surface area (Å²) in [6, 6.07) is 9.91. The number of anilines is 1. The zero-order valence-electron chi connectivity index (χ0n) is 15.2. The fraction of sp³-hybridized carbons (Fsp3) is 0.316. The van der Waals surface area contributed by atoms with E-state index in [1.807, 2.05) is 0 Å². The van der Waals surface area contributed by atoms with Crippen molar-refractivity contribution in [1.29, 1.82) is 0 Å². The van der Waals surface area contributed by atoms with Gasteiger partial charge in [0.2, 0.25) is 15.9 Å². The fourth-order valence-corrected chi connectivity index (χ4v) is 3.96. The molecular formula is C19H22F2N2O3S. The molecule has 0 heterocycles. The number of sulfonamides is 1. The Labute approximate surface area is 158 Å². The molecule has 0 aromatic heterocycles. The van der Waals surface area contributed by atoms with E-state index in [1.165, 1.54) is 24.3 Å². The van der Waals surface area contributed by atoms with Gasteiger partial charge in [-0.2, -0.15) is 0 Å². The second-order valence-corrected chi connectivity index (χ2v) is 7.99. The van der Waals surface area contributed by atoms with E-state index < -0.39 is 27.8 Å². The van der Waals surface area contributed by atoms with Crippen LogP contribution in [0.15, 0.2) is 48.5 Å². The Hall–Kier alpha value is -2.48. The maximum absolute atomic E-state index is 13.2. The summed E-state index contributed by atoms with van der Waals surface area (Å²) in [4.78, 5) is 12.6. The first-order valence-electron chi connectivity index (χ1n) is 8.49. The molecule has 1 unspecified atom stereocenters. The Morgan fingerprint density at radius 3 is 2.04 bits per heavy atom. The van der Waals surface area contributed by atoms with Crippen LogP contribution in [-0.2, 0) is 21.2 Å². The Bertz CT molecular complexity index is 869. The summed E-state index contributed by atoms with van der Waals surface area (Å²) in [5, 5.41) is 2.72. The Balaban J connectivity index is 2.11. The normalized spacial score (nSPS) is 12.4. The molecule has 0 bridgehead atoms. The lowest BCUT2D eigenvalue weighted by atomic mass is 10.1. The minimum absolute atomic E-state index is 0.222. The molecule has 2 rings (SSSR count). The summed E-state index contributed by atoms with van der Waals surface area (Å²) in [6.45, 7) is 1.98. The summed E-state index contributed by atoms with van der Waals surface area (Å²) in [6.07, 6.45) is 1.73. The van der Waals surface area contributed by atoms with Gasteiger partial charge in [-0.25, -0.2) is 17.2 Å². The molecule has 27 heavy (non-hydrogen) atoms. The van der Waals surface area contributed by atoms with Crippen molar-refractivity contribution < 1.29 is 22.0 Å². The van der Waals surface area contributed by atoms with Gasteiger partial charge in [0.25, 0.3) is 0 Å². The van der Waals surface area contributed by atoms with Crippen LogP contribution in [0.1, 0.15) is 18.9 Å². The van der Waals surface area contributed by atoms with Crippen molar-refractivity contribution in [2.75, 3.05) is 17.1 Å². The molecule has 2 aromatic carbocycles. The number of hydrogen-bond acceptors (Lipinski definition) is 3. The van der Waals surface area contributed by atoms with Gasteiger partial charge in [0.05, 0.1) is 11.9 Å². The smallest absolute Gasteiger partial charge is 0.243 e. The van der Waals surface area contributed by atoms with Crippen LogP contribution in [0.4, 0.5) is 14.5 Å². The van der Waals surface area contributed by atoms with Crippen molar-refractivity contribution in [3.63, 3.8) is 0 Å². The summed E-state index contributed by atoms with van der Waals surface area (Å²) in [5.41, 5.74) is 1.07. The van der Waals surface area contributed by atoms with Gasteiger partial charge in [0.1, 0.15) is 17.7 Å². The maximum Gasteiger partial charge on any atom is 0.243 e. The molecule has 1 N–H and O–H groups in total. The monoisotopic (exact) mass is 396 g/mol. The number of benzene rings is 2. The van der Waals surface area contributed by atoms with Gasteiger partial charge in [0, 0.05) is 6.54 Å². The molecule has 0 saturated carbocycles. The fourth-order valence-electron chi connectivity index (χ4n) is 2.75. The molecule has 8 heteroatoms. The average molecular weight is 396 g/mol. The SMILES string of the molecule is CCC(C(=O)NCCc1ccc(F)cc1)N(c1ccc(F)cc1)S(C)(=O)=O. The summed E-state index contributed by atoms with van der Waals surface area (Å²) in [7, 11) is -3.76. The summed E-state index contributed by atoms with van der Waals surface area (Å²) < 4.78 is 51.6. The number of rotatable bonds is 8. The first-order chi connectivity index (χ1) is 12.7. The first-order valence-corrected chi connectivity index (χ1v) is 10.3. The number of amides is 1. The van der Waals surface area contributed by atoms with E-state index in [2.05, 4.69) is 5.32 Å². The second kappa shape index (κ2) is 8.94. The van der Waals surface area contributed by atoms with Crippen LogP contribution in [0, 0.1) is 11.6 Å². The van der Waals surface area contributed by atoms with Crippen molar-refractivity contribution in [1.82, 2.24) is 5.32 Å². The van der Waals surface area contributed by atoms with Crippen LogP contribution < -0.4 is 9.62 Å². The van der Waals surface area contributed by atoms with Gasteiger partial charge in [-0.1, -0.05) is 19.1 Å². The van der Waals surface area contributed by atoms with E-state index in [9.17, 15) is 22.0 Å². The molecule has 0 aliphatic rings. The molecule has 0 radical (unpaired) electrons. The topological polar surface area (TPSA) is 66.5 Å². The number of halogens is 2. The standard InChI is InChI=1S/C19H22F2N2O3S/c1-3-18(19(24)22-13-12-14-4-6-15(20)7-5-14)23(27(2,25)26)17-10-8-16(21)9-11-17/h4-11,18H,3,12-13H2,1-2H3,(H,22,24). The zero-order valence-corrected chi connectivity index (χ0v) is 16.0. The lowest BCUT2D eigenvalue weighted by Gasteiger charge is -2.30. The molecule has 0 spiro atoms. The number of nitrogens with zero attached hydrogens (tertiary/aromatic N) is 1. The van der Waals surface area contributed by atoms with Gasteiger partial charge in [-0.3, -0.25) is 9.10 Å². The predicted octanol–water partition coefficient (Wildman–Crippen LogP) is 2.87. The van der Waals surface area contributed by atoms with Crippen LogP contribution in [0.25, 0.3) is 0 Å². The first kappa shape index (κ1) is 20.8. The number of carbonyl (C=O) groups is 1. The highest BCUT2D eigenvalue weighted by Gasteiger charge is 2.31. The number of nitrogens with one attached hydrogen (secondary N) is 1. The third kappa shape index (κ3) is 5.75. The Morgan fingerprint density at radius 1 is 1.04 bits per heavy atom. The minimum atomic E-state index is -3.76. The van der Waals surface area contributed by atoms with E-state index in [4.69, 9.17) is 0 Å². The highest BCUT2D eigenvalue weighted by Crippen LogP contribution is 2.22. The Kier molecular flexibility index (Phi) is 6.90. The van der Waals surface area contributed by atoms with E-state index >= 15 is 0 Å². The molecule has 0 aliphatic carbocycles. The maximum atomic E-state index is 13.2. The predicted molar refractivity (Wildman–Crippen MR) is 101 cm³/mol. The van der Waals surface area contributed by atoms with Gasteiger partial charge < -0.3 is 5.32 Å². The van der Waals surface area contributed by atoms with E-state index in [-0.39, 0.29) is 24.5 Å². The lowest BCUT2D eigenvalue weighted by Crippen LogP contribution is -2.49.